The molecule has 1 aromatic rings. The summed E-state index contributed by atoms with van der Waals surface area (Å²) in [4.78, 5) is 0.125. The number of halogens is 3. The first-order chi connectivity index (χ1) is 18.4. The number of rotatable bonds is 8. The molecule has 7 heteroatoms. The number of aliphatic hydroxyl groups is 1. The van der Waals surface area contributed by atoms with E-state index < -0.39 is 33.3 Å². The first-order valence-electron chi connectivity index (χ1n) is 15.1. The summed E-state index contributed by atoms with van der Waals surface area (Å²) in [6, 6.07) is 7.99. The van der Waals surface area contributed by atoms with Gasteiger partial charge in [0.05, 0.1) is 15.7 Å². The number of alkyl halides is 3. The molecule has 1 N–H and O–H groups in total. The first kappa shape index (κ1) is 29.2. The van der Waals surface area contributed by atoms with E-state index in [9.17, 15) is 26.7 Å². The fourth-order valence-electron chi connectivity index (χ4n) is 9.22. The van der Waals surface area contributed by atoms with Crippen LogP contribution in [0.2, 0.25) is 0 Å². The molecule has 218 valence electrons. The van der Waals surface area contributed by atoms with Crippen molar-refractivity contribution in [1.29, 1.82) is 0 Å². The van der Waals surface area contributed by atoms with E-state index in [-0.39, 0.29) is 23.2 Å². The number of hydrogen-bond acceptors (Lipinski definition) is 3. The second-order valence-electron chi connectivity index (χ2n) is 13.4. The van der Waals surface area contributed by atoms with Crippen LogP contribution in [-0.4, -0.2) is 30.6 Å². The van der Waals surface area contributed by atoms with Crippen LogP contribution in [0.25, 0.3) is 0 Å². The molecule has 3 nitrogen and oxygen atoms in total. The van der Waals surface area contributed by atoms with Crippen molar-refractivity contribution in [3.63, 3.8) is 0 Å². The molecular formula is C32H45F3O3S. The molecule has 8 atom stereocenters. The van der Waals surface area contributed by atoms with E-state index in [1.165, 1.54) is 24.1 Å². The van der Waals surface area contributed by atoms with Crippen LogP contribution in [0, 0.1) is 35.0 Å². The van der Waals surface area contributed by atoms with Crippen LogP contribution in [0.4, 0.5) is 13.2 Å². The van der Waals surface area contributed by atoms with Crippen LogP contribution in [0.15, 0.2) is 46.9 Å². The Labute approximate surface area is 232 Å². The molecule has 0 aromatic heterocycles. The minimum atomic E-state index is -4.37. The van der Waals surface area contributed by atoms with E-state index in [4.69, 9.17) is 0 Å². The Morgan fingerprint density at radius 3 is 2.46 bits per heavy atom. The summed E-state index contributed by atoms with van der Waals surface area (Å²) in [5, 5.41) is 9.90. The number of benzene rings is 1. The lowest BCUT2D eigenvalue weighted by atomic mass is 9.51. The molecule has 3 fully saturated rings. The second-order valence-corrected chi connectivity index (χ2v) is 15.6. The monoisotopic (exact) mass is 566 g/mol. The maximum Gasteiger partial charge on any atom is 0.389 e. The summed E-state index contributed by atoms with van der Waals surface area (Å²) >= 11 is 0. The van der Waals surface area contributed by atoms with Gasteiger partial charge < -0.3 is 5.11 Å². The molecule has 5 rings (SSSR count). The van der Waals surface area contributed by atoms with Gasteiger partial charge in [-0.3, -0.25) is 0 Å². The first-order valence-corrected chi connectivity index (χ1v) is 16.7. The third-order valence-corrected chi connectivity index (χ3v) is 13.8. The van der Waals surface area contributed by atoms with Crippen LogP contribution in [0.5, 0.6) is 0 Å². The largest absolute Gasteiger partial charge is 0.390 e. The van der Waals surface area contributed by atoms with Gasteiger partial charge in [-0.1, -0.05) is 43.7 Å². The molecular weight excluding hydrogens is 521 g/mol. The Hall–Kier alpha value is -1.34. The number of fused-ring (bicyclic) bond motifs is 5. The van der Waals surface area contributed by atoms with Crippen molar-refractivity contribution in [3.8, 4) is 0 Å². The fraction of sp³-hybridized carbons (Fsp3) is 0.750. The van der Waals surface area contributed by atoms with Gasteiger partial charge in [0.2, 0.25) is 0 Å². The van der Waals surface area contributed by atoms with E-state index in [0.717, 1.165) is 51.4 Å². The molecule has 39 heavy (non-hydrogen) atoms. The summed E-state index contributed by atoms with van der Waals surface area (Å²) in [5.74, 6) is 2.82. The number of allylic oxidation sites excluding steroid dienone is 1. The van der Waals surface area contributed by atoms with Crippen LogP contribution >= 0.6 is 0 Å². The molecule has 0 aliphatic heterocycles. The van der Waals surface area contributed by atoms with Gasteiger partial charge in [0, 0.05) is 6.42 Å². The zero-order valence-corrected chi connectivity index (χ0v) is 24.2. The number of sulfone groups is 1. The molecule has 0 amide bonds. The summed E-state index contributed by atoms with van der Waals surface area (Å²) in [7, 11) is -3.84. The lowest BCUT2D eigenvalue weighted by Gasteiger charge is -2.54. The fourth-order valence-corrected chi connectivity index (χ4v) is 11.0. The predicted octanol–water partition coefficient (Wildman–Crippen LogP) is 8.28. The Bertz CT molecular complexity index is 1150. The molecule has 3 saturated carbocycles. The summed E-state index contributed by atoms with van der Waals surface area (Å²) in [5.41, 5.74) is 1.05. The Morgan fingerprint density at radius 2 is 1.77 bits per heavy atom. The molecule has 7 unspecified atom stereocenters. The van der Waals surface area contributed by atoms with Gasteiger partial charge in [-0.05, 0) is 124 Å². The van der Waals surface area contributed by atoms with E-state index in [2.05, 4.69) is 19.9 Å². The lowest BCUT2D eigenvalue weighted by Crippen LogP contribution is -2.47. The summed E-state index contributed by atoms with van der Waals surface area (Å²) < 4.78 is 66.3. The molecule has 0 heterocycles. The average Bonchev–Trinajstić information content (AvgIpc) is 3.24. The number of hydrogen-bond donors (Lipinski definition) is 1. The molecule has 0 spiro atoms. The standard InChI is InChI=1S/C32H45F3O3S/c1-3-31(36)19-17-26-22(21-31)9-13-28-27(26)16-18-30(2)23(11-14-29(28)30)10-12-25(15-20-32(33,34)35)39(37,38)24-7-5-4-6-8-24/h4-9,23,25-29,36H,3,10-21H2,1-2H3/t23?,25?,26?,27?,28?,29?,30?,31-/m0/s1. The second kappa shape index (κ2) is 10.8. The van der Waals surface area contributed by atoms with Crippen LogP contribution in [0.3, 0.4) is 0 Å². The van der Waals surface area contributed by atoms with Crippen molar-refractivity contribution in [1.82, 2.24) is 0 Å². The summed E-state index contributed by atoms with van der Waals surface area (Å²) in [6.45, 7) is 4.47. The van der Waals surface area contributed by atoms with Gasteiger partial charge in [0.15, 0.2) is 9.84 Å². The quantitative estimate of drug-likeness (QED) is 0.322. The van der Waals surface area contributed by atoms with Gasteiger partial charge in [-0.2, -0.15) is 13.2 Å². The zero-order chi connectivity index (χ0) is 28.1. The Morgan fingerprint density at radius 1 is 1.03 bits per heavy atom. The SMILES string of the molecule is CC[C@]1(O)CCC2C(=CCC3C2CCC2(C)C(CCC(CCC(F)(F)F)S(=O)(=O)c4ccccc4)CCC32)C1. The van der Waals surface area contributed by atoms with Crippen LogP contribution < -0.4 is 0 Å². The highest BCUT2D eigenvalue weighted by atomic mass is 32.2. The average molecular weight is 567 g/mol. The Balaban J connectivity index is 1.29. The highest BCUT2D eigenvalue weighted by Crippen LogP contribution is 2.64. The van der Waals surface area contributed by atoms with Gasteiger partial charge in [0.25, 0.3) is 0 Å². The minimum Gasteiger partial charge on any atom is -0.390 e. The van der Waals surface area contributed by atoms with Crippen LogP contribution in [-0.2, 0) is 9.84 Å². The van der Waals surface area contributed by atoms with Gasteiger partial charge in [-0.15, -0.1) is 0 Å². The molecule has 0 radical (unpaired) electrons. The maximum absolute atomic E-state index is 13.4. The highest BCUT2D eigenvalue weighted by Gasteiger charge is 2.56. The van der Waals surface area contributed by atoms with Crippen molar-refractivity contribution in [2.24, 2.45) is 35.0 Å². The van der Waals surface area contributed by atoms with Crippen molar-refractivity contribution < 1.29 is 26.7 Å². The molecule has 0 bridgehead atoms. The topological polar surface area (TPSA) is 54.4 Å². The Kier molecular flexibility index (Phi) is 8.09. The zero-order valence-electron chi connectivity index (χ0n) is 23.4. The molecule has 4 aliphatic carbocycles. The third kappa shape index (κ3) is 5.73. The van der Waals surface area contributed by atoms with Gasteiger partial charge >= 0.3 is 6.18 Å². The summed E-state index contributed by atoms with van der Waals surface area (Å²) in [6.07, 6.45) is 6.68. The van der Waals surface area contributed by atoms with Crippen LogP contribution in [0.1, 0.15) is 97.3 Å². The minimum absolute atomic E-state index is 0.121. The lowest BCUT2D eigenvalue weighted by molar-refractivity contribution is -0.135. The van der Waals surface area contributed by atoms with Gasteiger partial charge in [-0.25, -0.2) is 8.42 Å². The van der Waals surface area contributed by atoms with E-state index >= 15 is 0 Å². The smallest absolute Gasteiger partial charge is 0.389 e. The normalized spacial score (nSPS) is 37.4. The van der Waals surface area contributed by atoms with Gasteiger partial charge in [0.1, 0.15) is 0 Å². The van der Waals surface area contributed by atoms with Crippen molar-refractivity contribution in [2.75, 3.05) is 0 Å². The molecule has 1 aromatic carbocycles. The van der Waals surface area contributed by atoms with Crippen molar-refractivity contribution in [3.05, 3.63) is 42.0 Å². The van der Waals surface area contributed by atoms with Crippen molar-refractivity contribution in [2.45, 2.75) is 119 Å². The van der Waals surface area contributed by atoms with E-state index in [1.54, 1.807) is 18.2 Å². The van der Waals surface area contributed by atoms with Crippen molar-refractivity contribution >= 4 is 9.84 Å². The molecule has 0 saturated heterocycles. The maximum atomic E-state index is 13.4. The van der Waals surface area contributed by atoms with E-state index in [0.29, 0.717) is 36.0 Å². The predicted molar refractivity (Wildman–Crippen MR) is 148 cm³/mol. The molecule has 4 aliphatic rings. The van der Waals surface area contributed by atoms with E-state index in [1.807, 2.05) is 0 Å². The third-order valence-electron chi connectivity index (χ3n) is 11.5. The highest BCUT2D eigenvalue weighted by molar-refractivity contribution is 7.92.